The zero-order valence-electron chi connectivity index (χ0n) is 17.7. The number of nitrogens with zero attached hydrogens (tertiary/aromatic N) is 3. The van der Waals surface area contributed by atoms with Crippen LogP contribution >= 0.6 is 11.6 Å². The minimum atomic E-state index is -3.87. The first kappa shape index (κ1) is 23.7. The maximum absolute atomic E-state index is 13.0. The fourth-order valence-corrected chi connectivity index (χ4v) is 4.93. The fraction of sp³-hybridized carbons (Fsp3) is 0.286. The van der Waals surface area contributed by atoms with Gasteiger partial charge in [-0.2, -0.15) is 4.31 Å². The molecule has 9 nitrogen and oxygen atoms in total. The van der Waals surface area contributed by atoms with Crippen LogP contribution in [0.4, 0.5) is 0 Å². The van der Waals surface area contributed by atoms with Gasteiger partial charge in [-0.25, -0.2) is 18.2 Å². The molecule has 0 atom stereocenters. The number of hydrogen-bond donors (Lipinski definition) is 0. The van der Waals surface area contributed by atoms with Crippen LogP contribution in [0.15, 0.2) is 52.3 Å². The maximum Gasteiger partial charge on any atom is 0.338 e. The number of ether oxygens (including phenoxy) is 2. The van der Waals surface area contributed by atoms with E-state index in [1.54, 1.807) is 26.0 Å². The van der Waals surface area contributed by atoms with Gasteiger partial charge in [0.2, 0.25) is 10.0 Å². The normalized spacial score (nSPS) is 11.7. The van der Waals surface area contributed by atoms with Gasteiger partial charge in [-0.1, -0.05) is 25.4 Å². The van der Waals surface area contributed by atoms with Gasteiger partial charge >= 0.3 is 5.97 Å². The van der Waals surface area contributed by atoms with Crippen LogP contribution in [0.2, 0.25) is 5.02 Å². The molecule has 3 aromatic rings. The molecule has 0 N–H and O–H groups in total. The Morgan fingerprint density at radius 2 is 1.88 bits per heavy atom. The first-order valence-corrected chi connectivity index (χ1v) is 11.6. The molecule has 170 valence electrons. The van der Waals surface area contributed by atoms with Crippen molar-refractivity contribution in [2.75, 3.05) is 20.2 Å². The number of carbonyl (C=O) groups is 1. The van der Waals surface area contributed by atoms with Gasteiger partial charge in [-0.05, 0) is 30.3 Å². The number of sulfonamides is 1. The summed E-state index contributed by atoms with van der Waals surface area (Å²) in [6.45, 7) is 3.71. The summed E-state index contributed by atoms with van der Waals surface area (Å²) in [5.41, 5.74) is 0.251. The number of halogens is 1. The third-order valence-electron chi connectivity index (χ3n) is 4.75. The number of benzene rings is 1. The van der Waals surface area contributed by atoms with E-state index in [1.807, 2.05) is 0 Å². The number of rotatable bonds is 8. The summed E-state index contributed by atoms with van der Waals surface area (Å²) in [4.78, 5) is 29.0. The molecule has 0 aliphatic carbocycles. The van der Waals surface area contributed by atoms with E-state index in [4.69, 9.17) is 21.1 Å². The molecule has 0 aliphatic heterocycles. The molecule has 0 fully saturated rings. The van der Waals surface area contributed by atoms with E-state index in [-0.39, 0.29) is 47.2 Å². The van der Waals surface area contributed by atoms with Crippen molar-refractivity contribution in [1.29, 1.82) is 0 Å². The van der Waals surface area contributed by atoms with E-state index >= 15 is 0 Å². The molecule has 0 saturated heterocycles. The number of esters is 1. The van der Waals surface area contributed by atoms with Gasteiger partial charge in [0.15, 0.2) is 0 Å². The van der Waals surface area contributed by atoms with Crippen LogP contribution in [0.25, 0.3) is 5.65 Å². The number of fused-ring (bicyclic) bond motifs is 1. The average Bonchev–Trinajstić information content (AvgIpc) is 2.78. The maximum atomic E-state index is 13.0. The van der Waals surface area contributed by atoms with Gasteiger partial charge in [0.25, 0.3) is 5.56 Å². The van der Waals surface area contributed by atoms with E-state index < -0.39 is 16.0 Å². The van der Waals surface area contributed by atoms with Gasteiger partial charge in [0.1, 0.15) is 22.9 Å². The molecule has 32 heavy (non-hydrogen) atoms. The van der Waals surface area contributed by atoms with Crippen LogP contribution in [-0.4, -0.2) is 48.3 Å². The summed E-state index contributed by atoms with van der Waals surface area (Å²) >= 11 is 5.89. The van der Waals surface area contributed by atoms with Crippen LogP contribution in [-0.2, 0) is 21.4 Å². The Bertz CT molecular complexity index is 1320. The summed E-state index contributed by atoms with van der Waals surface area (Å²) in [5.74, 6) is -0.641. The zero-order chi connectivity index (χ0) is 23.5. The number of pyridine rings is 1. The van der Waals surface area contributed by atoms with Crippen LogP contribution < -0.4 is 10.3 Å². The lowest BCUT2D eigenvalue weighted by Crippen LogP contribution is -2.31. The Morgan fingerprint density at radius 1 is 1.16 bits per heavy atom. The summed E-state index contributed by atoms with van der Waals surface area (Å²) < 4.78 is 38.9. The second kappa shape index (κ2) is 9.68. The lowest BCUT2D eigenvalue weighted by Gasteiger charge is -2.20. The van der Waals surface area contributed by atoms with Crippen molar-refractivity contribution in [3.05, 3.63) is 69.2 Å². The fourth-order valence-electron chi connectivity index (χ4n) is 3.13. The van der Waals surface area contributed by atoms with Gasteiger partial charge in [-0.3, -0.25) is 9.20 Å². The molecule has 2 heterocycles. The zero-order valence-corrected chi connectivity index (χ0v) is 19.3. The Balaban J connectivity index is 1.86. The third kappa shape index (κ3) is 4.77. The van der Waals surface area contributed by atoms with E-state index in [2.05, 4.69) is 4.98 Å². The first-order chi connectivity index (χ1) is 15.2. The molecule has 0 bridgehead atoms. The Morgan fingerprint density at radius 3 is 2.53 bits per heavy atom. The second-order valence-electron chi connectivity index (χ2n) is 6.69. The second-order valence-corrected chi connectivity index (χ2v) is 9.04. The molecule has 1 aromatic carbocycles. The molecule has 0 unspecified atom stereocenters. The van der Waals surface area contributed by atoms with Crippen molar-refractivity contribution < 1.29 is 22.7 Å². The first-order valence-electron chi connectivity index (χ1n) is 9.74. The average molecular weight is 480 g/mol. The summed E-state index contributed by atoms with van der Waals surface area (Å²) in [6, 6.07) is 8.43. The highest BCUT2D eigenvalue weighted by atomic mass is 35.5. The molecular formula is C21H22ClN3O6S. The van der Waals surface area contributed by atoms with Gasteiger partial charge in [-0.15, -0.1) is 0 Å². The van der Waals surface area contributed by atoms with E-state index in [9.17, 15) is 18.0 Å². The Hall–Kier alpha value is -2.95. The van der Waals surface area contributed by atoms with E-state index in [1.165, 1.54) is 46.3 Å². The monoisotopic (exact) mass is 479 g/mol. The number of hydrogen-bond acceptors (Lipinski definition) is 7. The lowest BCUT2D eigenvalue weighted by molar-refractivity contribution is 0.0467. The van der Waals surface area contributed by atoms with Crippen LogP contribution in [0.5, 0.6) is 5.75 Å². The predicted octanol–water partition coefficient (Wildman–Crippen LogP) is 2.74. The highest BCUT2D eigenvalue weighted by Crippen LogP contribution is 2.28. The van der Waals surface area contributed by atoms with Crippen molar-refractivity contribution >= 4 is 33.2 Å². The molecule has 0 spiro atoms. The van der Waals surface area contributed by atoms with Crippen LogP contribution in [0.1, 0.15) is 29.9 Å². The molecule has 3 rings (SSSR count). The minimum absolute atomic E-state index is 0.0285. The van der Waals surface area contributed by atoms with E-state index in [0.29, 0.717) is 10.7 Å². The topological polar surface area (TPSA) is 107 Å². The molecule has 11 heteroatoms. The highest BCUT2D eigenvalue weighted by Gasteiger charge is 2.27. The Kier molecular flexibility index (Phi) is 7.17. The molecule has 0 aliphatic rings. The molecular weight excluding hydrogens is 458 g/mol. The van der Waals surface area contributed by atoms with Crippen LogP contribution in [0.3, 0.4) is 0 Å². The Labute approximate surface area is 190 Å². The smallest absolute Gasteiger partial charge is 0.338 e. The summed E-state index contributed by atoms with van der Waals surface area (Å²) in [5, 5.41) is 0.385. The highest BCUT2D eigenvalue weighted by molar-refractivity contribution is 7.89. The van der Waals surface area contributed by atoms with Crippen molar-refractivity contribution in [3.8, 4) is 5.75 Å². The standard InChI is InChI=1S/C21H22ClN3O6S/c1-4-24(5-2)32(28,29)18-10-14(6-8-17(18)30-3)21(27)31-13-16-11-20(26)25-12-15(22)7-9-19(25)23-16/h6-12H,4-5,13H2,1-3H3. The number of carbonyl (C=O) groups excluding carboxylic acids is 1. The van der Waals surface area contributed by atoms with Crippen molar-refractivity contribution in [1.82, 2.24) is 13.7 Å². The predicted molar refractivity (Wildman–Crippen MR) is 119 cm³/mol. The molecule has 2 aromatic heterocycles. The van der Waals surface area contributed by atoms with Gasteiger partial charge < -0.3 is 9.47 Å². The molecule has 0 saturated carbocycles. The largest absolute Gasteiger partial charge is 0.495 e. The summed E-state index contributed by atoms with van der Waals surface area (Å²) in [7, 11) is -2.51. The quantitative estimate of drug-likeness (QED) is 0.457. The van der Waals surface area contributed by atoms with Crippen molar-refractivity contribution in [2.45, 2.75) is 25.3 Å². The number of aromatic nitrogens is 2. The lowest BCUT2D eigenvalue weighted by atomic mass is 10.2. The molecule has 0 radical (unpaired) electrons. The minimum Gasteiger partial charge on any atom is -0.495 e. The van der Waals surface area contributed by atoms with Crippen LogP contribution in [0, 0.1) is 0 Å². The van der Waals surface area contributed by atoms with Gasteiger partial charge in [0, 0.05) is 25.4 Å². The summed E-state index contributed by atoms with van der Waals surface area (Å²) in [6.07, 6.45) is 1.44. The third-order valence-corrected chi connectivity index (χ3v) is 7.04. The SMILES string of the molecule is CCN(CC)S(=O)(=O)c1cc(C(=O)OCc2cc(=O)n3cc(Cl)ccc3n2)ccc1OC. The van der Waals surface area contributed by atoms with E-state index in [0.717, 1.165) is 0 Å². The number of methoxy groups -OCH3 is 1. The van der Waals surface area contributed by atoms with Crippen molar-refractivity contribution in [3.63, 3.8) is 0 Å². The van der Waals surface area contributed by atoms with Gasteiger partial charge in [0.05, 0.1) is 23.4 Å². The van der Waals surface area contributed by atoms with Crippen molar-refractivity contribution in [2.24, 2.45) is 0 Å². The molecule has 0 amide bonds.